The van der Waals surface area contributed by atoms with Gasteiger partial charge in [-0.15, -0.1) is 11.8 Å². The maximum absolute atomic E-state index is 12.0. The zero-order valence-corrected chi connectivity index (χ0v) is 11.8. The maximum Gasteiger partial charge on any atom is 0.305 e. The van der Waals surface area contributed by atoms with Gasteiger partial charge < -0.3 is 10.0 Å². The van der Waals surface area contributed by atoms with Crippen LogP contribution in [0.3, 0.4) is 0 Å². The van der Waals surface area contributed by atoms with Crippen LogP contribution >= 0.6 is 11.8 Å². The monoisotopic (exact) mass is 261 g/mol. The zero-order chi connectivity index (χ0) is 13.3. The number of hydrogen-bond acceptors (Lipinski definition) is 3. The highest BCUT2D eigenvalue weighted by atomic mass is 32.2. The van der Waals surface area contributed by atoms with Crippen LogP contribution in [0.2, 0.25) is 0 Å². The number of aliphatic carboxylic acids is 1. The number of carbonyl (C=O) groups is 2. The number of amides is 1. The average molecular weight is 261 g/mol. The Balaban J connectivity index is 4.08. The van der Waals surface area contributed by atoms with Crippen molar-refractivity contribution in [3.63, 3.8) is 0 Å². The van der Waals surface area contributed by atoms with Crippen LogP contribution in [0.25, 0.3) is 0 Å². The number of carboxylic acid groups (broad SMARTS) is 1. The van der Waals surface area contributed by atoms with Gasteiger partial charge in [0.2, 0.25) is 5.91 Å². The summed E-state index contributed by atoms with van der Waals surface area (Å²) in [7, 11) is 0. The summed E-state index contributed by atoms with van der Waals surface area (Å²) in [6.45, 7) is 6.78. The van der Waals surface area contributed by atoms with Gasteiger partial charge in [-0.2, -0.15) is 0 Å². The highest BCUT2D eigenvalue weighted by molar-refractivity contribution is 8.00. The van der Waals surface area contributed by atoms with Crippen molar-refractivity contribution in [2.75, 3.05) is 18.8 Å². The number of unbranched alkanes of at least 4 members (excludes halogenated alkanes) is 1. The van der Waals surface area contributed by atoms with E-state index in [2.05, 4.69) is 6.92 Å². The largest absolute Gasteiger partial charge is 0.481 e. The number of carboxylic acids is 1. The maximum atomic E-state index is 12.0. The Hall–Kier alpha value is -0.710. The fourth-order valence-corrected chi connectivity index (χ4v) is 2.49. The number of thioether (sulfide) groups is 1. The molecule has 0 saturated carbocycles. The van der Waals surface area contributed by atoms with E-state index in [9.17, 15) is 9.59 Å². The van der Waals surface area contributed by atoms with E-state index in [1.54, 1.807) is 16.7 Å². The zero-order valence-electron chi connectivity index (χ0n) is 10.9. The van der Waals surface area contributed by atoms with Gasteiger partial charge in [-0.25, -0.2) is 0 Å². The van der Waals surface area contributed by atoms with Crippen molar-refractivity contribution in [1.82, 2.24) is 4.90 Å². The molecule has 1 atom stereocenters. The van der Waals surface area contributed by atoms with Crippen molar-refractivity contribution >= 4 is 23.6 Å². The van der Waals surface area contributed by atoms with Crippen LogP contribution < -0.4 is 0 Å². The van der Waals surface area contributed by atoms with Crippen LogP contribution in [0.5, 0.6) is 0 Å². The summed E-state index contributed by atoms with van der Waals surface area (Å²) in [5.74, 6) is 0.178. The molecule has 0 aromatic heterocycles. The van der Waals surface area contributed by atoms with Crippen molar-refractivity contribution in [3.05, 3.63) is 0 Å². The number of nitrogens with zero attached hydrogens (tertiary/aromatic N) is 1. The molecule has 0 aromatic carbocycles. The molecule has 100 valence electrons. The Morgan fingerprint density at radius 2 is 2.00 bits per heavy atom. The first-order chi connectivity index (χ1) is 8.02. The van der Waals surface area contributed by atoms with Crippen molar-refractivity contribution in [3.8, 4) is 0 Å². The molecular weight excluding hydrogens is 238 g/mol. The van der Waals surface area contributed by atoms with E-state index in [1.165, 1.54) is 0 Å². The summed E-state index contributed by atoms with van der Waals surface area (Å²) in [6, 6.07) is 0. The van der Waals surface area contributed by atoms with Gasteiger partial charge in [0.1, 0.15) is 0 Å². The molecule has 1 amide bonds. The Labute approximate surface area is 108 Å². The summed E-state index contributed by atoms with van der Waals surface area (Å²) < 4.78 is 0. The lowest BCUT2D eigenvalue weighted by atomic mass is 10.3. The molecule has 0 heterocycles. The molecule has 0 saturated heterocycles. The standard InChI is InChI=1S/C12H23NO3S/c1-4-6-9-17-10(3)12(16)13(5-2)8-7-11(14)15/h10H,4-9H2,1-3H3,(H,14,15). The molecule has 0 aliphatic carbocycles. The topological polar surface area (TPSA) is 57.6 Å². The van der Waals surface area contributed by atoms with Gasteiger partial charge in [0.25, 0.3) is 0 Å². The lowest BCUT2D eigenvalue weighted by Crippen LogP contribution is -2.38. The molecule has 1 N–H and O–H groups in total. The second kappa shape index (κ2) is 9.33. The molecule has 1 unspecified atom stereocenters. The van der Waals surface area contributed by atoms with E-state index in [4.69, 9.17) is 5.11 Å². The number of rotatable bonds is 9. The fraction of sp³-hybridized carbons (Fsp3) is 0.833. The second-order valence-corrected chi connectivity index (χ2v) is 5.38. The molecule has 0 aromatic rings. The van der Waals surface area contributed by atoms with Crippen molar-refractivity contribution in [2.45, 2.75) is 45.3 Å². The van der Waals surface area contributed by atoms with E-state index in [0.29, 0.717) is 13.1 Å². The van der Waals surface area contributed by atoms with Gasteiger partial charge in [0.15, 0.2) is 0 Å². The summed E-state index contributed by atoms with van der Waals surface area (Å²) >= 11 is 1.65. The van der Waals surface area contributed by atoms with Gasteiger partial charge in [-0.05, 0) is 26.0 Å². The molecule has 17 heavy (non-hydrogen) atoms. The van der Waals surface area contributed by atoms with Gasteiger partial charge >= 0.3 is 5.97 Å². The molecule has 0 radical (unpaired) electrons. The molecule has 0 aliphatic heterocycles. The normalized spacial score (nSPS) is 12.2. The minimum Gasteiger partial charge on any atom is -0.481 e. The van der Waals surface area contributed by atoms with Crippen molar-refractivity contribution < 1.29 is 14.7 Å². The van der Waals surface area contributed by atoms with Crippen LogP contribution in [0, 0.1) is 0 Å². The highest BCUT2D eigenvalue weighted by Crippen LogP contribution is 2.15. The predicted octanol–water partition coefficient (Wildman–Crippen LogP) is 2.23. The molecule has 0 spiro atoms. The Kier molecular flexibility index (Phi) is 8.94. The Morgan fingerprint density at radius 3 is 2.47 bits per heavy atom. The predicted molar refractivity (Wildman–Crippen MR) is 71.3 cm³/mol. The molecule has 5 heteroatoms. The van der Waals surface area contributed by atoms with Crippen LogP contribution in [0.1, 0.15) is 40.0 Å². The van der Waals surface area contributed by atoms with E-state index in [-0.39, 0.29) is 17.6 Å². The Bertz CT molecular complexity index is 246. The van der Waals surface area contributed by atoms with E-state index in [1.807, 2.05) is 13.8 Å². The van der Waals surface area contributed by atoms with Crippen LogP contribution in [-0.4, -0.2) is 46.0 Å². The lowest BCUT2D eigenvalue weighted by molar-refractivity contribution is -0.138. The van der Waals surface area contributed by atoms with Gasteiger partial charge in [0.05, 0.1) is 11.7 Å². The van der Waals surface area contributed by atoms with E-state index < -0.39 is 5.97 Å². The van der Waals surface area contributed by atoms with Crippen molar-refractivity contribution in [1.29, 1.82) is 0 Å². The first kappa shape index (κ1) is 16.3. The smallest absolute Gasteiger partial charge is 0.305 e. The third-order valence-electron chi connectivity index (χ3n) is 2.50. The van der Waals surface area contributed by atoms with E-state index in [0.717, 1.165) is 18.6 Å². The third kappa shape index (κ3) is 7.26. The lowest BCUT2D eigenvalue weighted by Gasteiger charge is -2.23. The molecule has 0 aliphatic rings. The second-order valence-electron chi connectivity index (χ2n) is 3.93. The molecule has 0 rings (SSSR count). The van der Waals surface area contributed by atoms with E-state index >= 15 is 0 Å². The minimum atomic E-state index is -0.859. The number of hydrogen-bond donors (Lipinski definition) is 1. The minimum absolute atomic E-state index is 0.0198. The van der Waals surface area contributed by atoms with Gasteiger partial charge in [-0.3, -0.25) is 9.59 Å². The first-order valence-electron chi connectivity index (χ1n) is 6.15. The fourth-order valence-electron chi connectivity index (χ4n) is 1.39. The third-order valence-corrected chi connectivity index (χ3v) is 3.73. The average Bonchev–Trinajstić information content (AvgIpc) is 2.29. The summed E-state index contributed by atoms with van der Waals surface area (Å²) in [5.41, 5.74) is 0. The highest BCUT2D eigenvalue weighted by Gasteiger charge is 2.19. The SMILES string of the molecule is CCCCSC(C)C(=O)N(CC)CCC(=O)O. The van der Waals surface area contributed by atoms with Gasteiger partial charge in [-0.1, -0.05) is 13.3 Å². The Morgan fingerprint density at radius 1 is 1.35 bits per heavy atom. The quantitative estimate of drug-likeness (QED) is 0.647. The van der Waals surface area contributed by atoms with Crippen LogP contribution in [0.4, 0.5) is 0 Å². The molecule has 4 nitrogen and oxygen atoms in total. The number of carbonyl (C=O) groups excluding carboxylic acids is 1. The summed E-state index contributed by atoms with van der Waals surface area (Å²) in [4.78, 5) is 24.1. The first-order valence-corrected chi connectivity index (χ1v) is 7.19. The van der Waals surface area contributed by atoms with Crippen LogP contribution in [-0.2, 0) is 9.59 Å². The van der Waals surface area contributed by atoms with Crippen LogP contribution in [0.15, 0.2) is 0 Å². The van der Waals surface area contributed by atoms with Crippen molar-refractivity contribution in [2.24, 2.45) is 0 Å². The molecular formula is C12H23NO3S. The molecule has 0 fully saturated rings. The molecule has 0 bridgehead atoms. The summed E-state index contributed by atoms with van der Waals surface area (Å²) in [6.07, 6.45) is 2.26. The summed E-state index contributed by atoms with van der Waals surface area (Å²) in [5, 5.41) is 8.53. The van der Waals surface area contributed by atoms with Gasteiger partial charge in [0, 0.05) is 13.1 Å².